The highest BCUT2D eigenvalue weighted by Crippen LogP contribution is 2.31. The van der Waals surface area contributed by atoms with Gasteiger partial charge in [0.1, 0.15) is 5.75 Å². The highest BCUT2D eigenvalue weighted by molar-refractivity contribution is 5.71. The van der Waals surface area contributed by atoms with Crippen LogP contribution < -0.4 is 15.4 Å². The third-order valence-electron chi connectivity index (χ3n) is 4.67. The van der Waals surface area contributed by atoms with E-state index >= 15 is 0 Å². The SMILES string of the molecule is [C-]#[N+]c1cnc(Nc2cc(-c3ccc(CNC4CCOC4)cc3OC)[nH]n2)cn1. The van der Waals surface area contributed by atoms with Gasteiger partial charge in [0.15, 0.2) is 17.8 Å². The summed E-state index contributed by atoms with van der Waals surface area (Å²) in [6.07, 6.45) is 3.96. The first-order valence-electron chi connectivity index (χ1n) is 9.25. The van der Waals surface area contributed by atoms with Crippen molar-refractivity contribution in [3.63, 3.8) is 0 Å². The Bertz CT molecular complexity index is 1000. The van der Waals surface area contributed by atoms with Crippen LogP contribution in [0.15, 0.2) is 36.7 Å². The highest BCUT2D eigenvalue weighted by Gasteiger charge is 2.15. The molecule has 1 fully saturated rings. The Morgan fingerprint density at radius 3 is 2.93 bits per heavy atom. The number of H-pyrrole nitrogens is 1. The summed E-state index contributed by atoms with van der Waals surface area (Å²) in [7, 11) is 1.66. The fourth-order valence-corrected chi connectivity index (χ4v) is 3.12. The molecule has 2 aromatic heterocycles. The first kappa shape index (κ1) is 18.9. The van der Waals surface area contributed by atoms with Crippen molar-refractivity contribution < 1.29 is 9.47 Å². The Morgan fingerprint density at radius 2 is 2.21 bits per heavy atom. The molecule has 1 atom stereocenters. The molecule has 9 heteroatoms. The van der Waals surface area contributed by atoms with Crippen molar-refractivity contribution in [3.05, 3.63) is 53.6 Å². The van der Waals surface area contributed by atoms with E-state index in [9.17, 15) is 0 Å². The standard InChI is InChI=1S/C20H21N7O2/c1-21-19-10-24-20(11-23-19)25-18-8-16(26-27-18)15-4-3-13(7-17(15)28-2)9-22-14-5-6-29-12-14/h3-4,7-8,10-11,14,22H,5-6,9,12H2,2H3,(H2,24,25,26,27). The number of aromatic amines is 1. The third-order valence-corrected chi connectivity index (χ3v) is 4.67. The Hall–Kier alpha value is -3.48. The molecule has 1 saturated heterocycles. The molecule has 9 nitrogen and oxygen atoms in total. The Balaban J connectivity index is 1.46. The smallest absolute Gasteiger partial charge is 0.288 e. The molecule has 0 bridgehead atoms. The summed E-state index contributed by atoms with van der Waals surface area (Å²) in [5, 5.41) is 13.9. The second-order valence-electron chi connectivity index (χ2n) is 6.64. The van der Waals surface area contributed by atoms with E-state index in [0.29, 0.717) is 17.7 Å². The van der Waals surface area contributed by atoms with Gasteiger partial charge in [0.25, 0.3) is 5.82 Å². The van der Waals surface area contributed by atoms with Crippen LogP contribution in [0.3, 0.4) is 0 Å². The lowest BCUT2D eigenvalue weighted by Gasteiger charge is -2.13. The first-order chi connectivity index (χ1) is 14.2. The van der Waals surface area contributed by atoms with Crippen LogP contribution in [-0.4, -0.2) is 46.5 Å². The van der Waals surface area contributed by atoms with Gasteiger partial charge >= 0.3 is 0 Å². The summed E-state index contributed by atoms with van der Waals surface area (Å²) in [6.45, 7) is 9.28. The van der Waals surface area contributed by atoms with Crippen molar-refractivity contribution in [2.75, 3.05) is 25.6 Å². The average Bonchev–Trinajstić information content (AvgIpc) is 3.45. The predicted molar refractivity (Wildman–Crippen MR) is 108 cm³/mol. The maximum absolute atomic E-state index is 6.92. The molecule has 0 radical (unpaired) electrons. The number of rotatable bonds is 7. The van der Waals surface area contributed by atoms with Crippen molar-refractivity contribution in [1.29, 1.82) is 0 Å². The molecule has 4 rings (SSSR count). The van der Waals surface area contributed by atoms with E-state index in [0.717, 1.165) is 48.7 Å². The molecule has 1 aliphatic heterocycles. The minimum absolute atomic E-state index is 0.248. The van der Waals surface area contributed by atoms with Gasteiger partial charge in [-0.25, -0.2) is 4.98 Å². The molecule has 29 heavy (non-hydrogen) atoms. The van der Waals surface area contributed by atoms with E-state index in [-0.39, 0.29) is 5.82 Å². The zero-order valence-corrected chi connectivity index (χ0v) is 16.0. The van der Waals surface area contributed by atoms with Gasteiger partial charge in [-0.1, -0.05) is 12.6 Å². The number of benzene rings is 1. The third kappa shape index (κ3) is 4.51. The van der Waals surface area contributed by atoms with Crippen LogP contribution in [0, 0.1) is 6.57 Å². The molecule has 1 aromatic carbocycles. The van der Waals surface area contributed by atoms with Gasteiger partial charge in [-0.05, 0) is 24.1 Å². The number of ether oxygens (including phenoxy) is 2. The summed E-state index contributed by atoms with van der Waals surface area (Å²) in [5.74, 6) is 2.13. The van der Waals surface area contributed by atoms with E-state index in [1.807, 2.05) is 18.2 Å². The largest absolute Gasteiger partial charge is 0.496 e. The molecule has 3 aromatic rings. The van der Waals surface area contributed by atoms with Crippen LogP contribution in [0.1, 0.15) is 12.0 Å². The Kier molecular flexibility index (Phi) is 5.65. The monoisotopic (exact) mass is 391 g/mol. The van der Waals surface area contributed by atoms with E-state index in [4.69, 9.17) is 16.0 Å². The molecular weight excluding hydrogens is 370 g/mol. The lowest BCUT2D eigenvalue weighted by molar-refractivity contribution is 0.190. The predicted octanol–water partition coefficient (Wildman–Crippen LogP) is 3.05. The van der Waals surface area contributed by atoms with Crippen LogP contribution in [0.5, 0.6) is 5.75 Å². The average molecular weight is 391 g/mol. The summed E-state index contributed by atoms with van der Waals surface area (Å²) >= 11 is 0. The summed E-state index contributed by atoms with van der Waals surface area (Å²) in [4.78, 5) is 11.4. The van der Waals surface area contributed by atoms with Gasteiger partial charge in [-0.2, -0.15) is 5.10 Å². The van der Waals surface area contributed by atoms with Crippen molar-refractivity contribution in [1.82, 2.24) is 25.5 Å². The number of methoxy groups -OCH3 is 1. The van der Waals surface area contributed by atoms with Crippen LogP contribution >= 0.6 is 0 Å². The second kappa shape index (κ2) is 8.68. The van der Waals surface area contributed by atoms with Gasteiger partial charge in [-0.15, -0.1) is 4.98 Å². The highest BCUT2D eigenvalue weighted by atomic mass is 16.5. The fourth-order valence-electron chi connectivity index (χ4n) is 3.12. The quantitative estimate of drug-likeness (QED) is 0.532. The van der Waals surface area contributed by atoms with Crippen LogP contribution in [0.25, 0.3) is 16.1 Å². The van der Waals surface area contributed by atoms with Gasteiger partial charge in [0.05, 0.1) is 25.6 Å². The lowest BCUT2D eigenvalue weighted by Crippen LogP contribution is -2.28. The summed E-state index contributed by atoms with van der Waals surface area (Å²) < 4.78 is 11.0. The zero-order valence-electron chi connectivity index (χ0n) is 16.0. The first-order valence-corrected chi connectivity index (χ1v) is 9.25. The molecule has 1 unspecified atom stereocenters. The topological polar surface area (TPSA) is 101 Å². The van der Waals surface area contributed by atoms with Crippen LogP contribution in [0.2, 0.25) is 0 Å². The maximum atomic E-state index is 6.92. The van der Waals surface area contributed by atoms with Crippen molar-refractivity contribution in [3.8, 4) is 17.0 Å². The minimum atomic E-state index is 0.248. The molecule has 0 aliphatic carbocycles. The van der Waals surface area contributed by atoms with Crippen molar-refractivity contribution in [2.24, 2.45) is 0 Å². The Labute approximate surface area is 168 Å². The van der Waals surface area contributed by atoms with E-state index < -0.39 is 0 Å². The van der Waals surface area contributed by atoms with Gasteiger partial charge in [0.2, 0.25) is 0 Å². The Morgan fingerprint density at radius 1 is 1.28 bits per heavy atom. The fraction of sp³-hybridized carbons (Fsp3) is 0.300. The van der Waals surface area contributed by atoms with Crippen molar-refractivity contribution in [2.45, 2.75) is 19.0 Å². The normalized spacial score (nSPS) is 15.8. The van der Waals surface area contributed by atoms with Gasteiger partial charge in [-0.3, -0.25) is 5.10 Å². The van der Waals surface area contributed by atoms with E-state index in [2.05, 4.69) is 41.7 Å². The molecule has 3 N–H and O–H groups in total. The molecule has 0 amide bonds. The number of nitrogens with one attached hydrogen (secondary N) is 3. The number of hydrogen-bond donors (Lipinski definition) is 3. The lowest BCUT2D eigenvalue weighted by atomic mass is 10.1. The zero-order chi connectivity index (χ0) is 20.1. The minimum Gasteiger partial charge on any atom is -0.496 e. The molecular formula is C20H21N7O2. The number of anilines is 2. The molecule has 0 spiro atoms. The number of nitrogens with zero attached hydrogens (tertiary/aromatic N) is 4. The van der Waals surface area contributed by atoms with Crippen molar-refractivity contribution >= 4 is 17.5 Å². The molecule has 148 valence electrons. The number of hydrogen-bond acceptors (Lipinski definition) is 7. The van der Waals surface area contributed by atoms with Crippen LogP contribution in [-0.2, 0) is 11.3 Å². The molecule has 3 heterocycles. The summed E-state index contributed by atoms with van der Waals surface area (Å²) in [6, 6.07) is 8.40. The molecule has 0 saturated carbocycles. The maximum Gasteiger partial charge on any atom is 0.288 e. The van der Waals surface area contributed by atoms with Gasteiger partial charge < -0.3 is 25.0 Å². The van der Waals surface area contributed by atoms with E-state index in [1.165, 1.54) is 12.4 Å². The summed E-state index contributed by atoms with van der Waals surface area (Å²) in [5.41, 5.74) is 2.87. The van der Waals surface area contributed by atoms with Gasteiger partial charge in [0, 0.05) is 30.8 Å². The van der Waals surface area contributed by atoms with E-state index in [1.54, 1.807) is 7.11 Å². The molecule has 1 aliphatic rings. The second-order valence-corrected chi connectivity index (χ2v) is 6.64. The number of aromatic nitrogens is 4. The van der Waals surface area contributed by atoms with Crippen LogP contribution in [0.4, 0.5) is 17.5 Å².